The van der Waals surface area contributed by atoms with Gasteiger partial charge in [-0.3, -0.25) is 10.1 Å². The SMILES string of the molecule is CSC1=NC(c2cc([N+](=O)[O-])ccc2SCCCCCO[Si](C)(C)C(C)(C)C)C(C(=O)OCC[Si](C)(C)C)=C(C)N1. The van der Waals surface area contributed by atoms with Crippen LogP contribution in [0.25, 0.3) is 0 Å². The fourth-order valence-electron chi connectivity index (χ4n) is 3.87. The van der Waals surface area contributed by atoms with Crippen LogP contribution in [0.5, 0.6) is 0 Å². The summed E-state index contributed by atoms with van der Waals surface area (Å²) in [6.07, 6.45) is 4.95. The summed E-state index contributed by atoms with van der Waals surface area (Å²) in [5.74, 6) is 0.430. The van der Waals surface area contributed by atoms with Gasteiger partial charge in [0.15, 0.2) is 13.5 Å². The molecule has 1 aromatic rings. The first kappa shape index (κ1) is 35.6. The summed E-state index contributed by atoms with van der Waals surface area (Å²) < 4.78 is 12.0. The fourth-order valence-corrected chi connectivity index (χ4v) is 7.21. The van der Waals surface area contributed by atoms with E-state index in [4.69, 9.17) is 14.2 Å². The highest BCUT2D eigenvalue weighted by atomic mass is 32.2. The molecule has 1 atom stereocenters. The van der Waals surface area contributed by atoms with Crippen LogP contribution >= 0.6 is 23.5 Å². The number of nitrogens with one attached hydrogen (secondary N) is 1. The van der Waals surface area contributed by atoms with Crippen LogP contribution in [-0.4, -0.2) is 57.7 Å². The fraction of sp³-hybridized carbons (Fsp3) is 0.655. The molecule has 0 aromatic heterocycles. The van der Waals surface area contributed by atoms with Crippen molar-refractivity contribution >= 4 is 56.7 Å². The van der Waals surface area contributed by atoms with Crippen LogP contribution in [0.15, 0.2) is 39.4 Å². The zero-order valence-electron chi connectivity index (χ0n) is 26.5. The van der Waals surface area contributed by atoms with Gasteiger partial charge < -0.3 is 14.5 Å². The molecule has 0 saturated carbocycles. The maximum absolute atomic E-state index is 13.4. The Morgan fingerprint density at radius 3 is 2.39 bits per heavy atom. The standard InChI is InChI=1S/C29H49N3O5S2Si2/c1-21-25(27(33)36-17-19-40(6,7)8)26(31-28(30-21)38-5)23-20-22(32(34)35)14-15-24(23)39-18-13-11-12-16-37-41(9,10)29(2,3)4/h14-15,20,26H,11-13,16-19H2,1-10H3,(H,30,31). The van der Waals surface area contributed by atoms with Gasteiger partial charge in [-0.05, 0) is 62.0 Å². The maximum Gasteiger partial charge on any atom is 0.338 e. The summed E-state index contributed by atoms with van der Waals surface area (Å²) in [6, 6.07) is 5.07. The van der Waals surface area contributed by atoms with E-state index in [0.29, 0.717) is 28.6 Å². The number of unbranched alkanes of at least 4 members (excludes halogenated alkanes) is 2. The van der Waals surface area contributed by atoms with Crippen molar-refractivity contribution in [3.63, 3.8) is 0 Å². The average Bonchev–Trinajstić information content (AvgIpc) is 2.85. The number of rotatable bonds is 14. The summed E-state index contributed by atoms with van der Waals surface area (Å²) >= 11 is 3.09. The predicted octanol–water partition coefficient (Wildman–Crippen LogP) is 8.40. The summed E-state index contributed by atoms with van der Waals surface area (Å²) in [6.45, 7) is 21.0. The smallest absolute Gasteiger partial charge is 0.338 e. The van der Waals surface area contributed by atoms with Crippen molar-refractivity contribution in [2.75, 3.05) is 25.2 Å². The van der Waals surface area contributed by atoms with Gasteiger partial charge in [0, 0.05) is 43.0 Å². The normalized spacial score (nSPS) is 16.3. The van der Waals surface area contributed by atoms with E-state index in [9.17, 15) is 14.9 Å². The number of non-ortho nitro benzene ring substituents is 1. The number of esters is 1. The Morgan fingerprint density at radius 2 is 1.80 bits per heavy atom. The predicted molar refractivity (Wildman–Crippen MR) is 179 cm³/mol. The third-order valence-corrected chi connectivity index (χ3v) is 15.5. The molecule has 1 heterocycles. The van der Waals surface area contributed by atoms with Crippen LogP contribution in [-0.2, 0) is 14.0 Å². The van der Waals surface area contributed by atoms with Gasteiger partial charge >= 0.3 is 5.97 Å². The topological polar surface area (TPSA) is 103 Å². The lowest BCUT2D eigenvalue weighted by Crippen LogP contribution is -2.40. The van der Waals surface area contributed by atoms with Gasteiger partial charge in [0.1, 0.15) is 6.04 Å². The van der Waals surface area contributed by atoms with Crippen molar-refractivity contribution in [1.29, 1.82) is 0 Å². The maximum atomic E-state index is 13.4. The van der Waals surface area contributed by atoms with Gasteiger partial charge in [-0.25, -0.2) is 9.79 Å². The van der Waals surface area contributed by atoms with Gasteiger partial charge in [-0.2, -0.15) is 0 Å². The lowest BCUT2D eigenvalue weighted by molar-refractivity contribution is -0.385. The number of carbonyl (C=O) groups is 1. The zero-order chi connectivity index (χ0) is 31.0. The van der Waals surface area contributed by atoms with Crippen LogP contribution in [0.3, 0.4) is 0 Å². The third kappa shape index (κ3) is 10.9. The number of hydrogen-bond acceptors (Lipinski definition) is 9. The Hall–Kier alpha value is -1.61. The minimum Gasteiger partial charge on any atom is -0.463 e. The highest BCUT2D eigenvalue weighted by Crippen LogP contribution is 2.40. The van der Waals surface area contributed by atoms with Crippen molar-refractivity contribution in [3.05, 3.63) is 45.1 Å². The van der Waals surface area contributed by atoms with Gasteiger partial charge in [0.2, 0.25) is 0 Å². The second-order valence-corrected chi connectivity index (χ2v) is 25.5. The van der Waals surface area contributed by atoms with Gasteiger partial charge in [-0.15, -0.1) is 11.8 Å². The van der Waals surface area contributed by atoms with Crippen LogP contribution in [0, 0.1) is 10.1 Å². The second kappa shape index (κ2) is 15.2. The number of nitro benzene ring substituents is 1. The number of aliphatic imine (C=N–C) groups is 1. The minimum absolute atomic E-state index is 0.0179. The first-order chi connectivity index (χ1) is 19.0. The molecule has 0 aliphatic carbocycles. The van der Waals surface area contributed by atoms with Crippen molar-refractivity contribution in [3.8, 4) is 0 Å². The lowest BCUT2D eigenvalue weighted by Gasteiger charge is -2.36. The van der Waals surface area contributed by atoms with Crippen LogP contribution in [0.4, 0.5) is 5.69 Å². The molecule has 0 radical (unpaired) electrons. The molecular formula is C29H49N3O5S2Si2. The molecule has 0 fully saturated rings. The van der Waals surface area contributed by atoms with Crippen molar-refractivity contribution in [1.82, 2.24) is 5.32 Å². The average molecular weight is 640 g/mol. The molecule has 230 valence electrons. The van der Waals surface area contributed by atoms with E-state index < -0.39 is 33.3 Å². The number of nitrogens with zero attached hydrogens (tertiary/aromatic N) is 2. The molecule has 1 aliphatic heterocycles. The van der Waals surface area contributed by atoms with E-state index >= 15 is 0 Å². The quantitative estimate of drug-likeness (QED) is 0.0541. The molecule has 1 aliphatic rings. The Labute approximate surface area is 257 Å². The Morgan fingerprint density at radius 1 is 1.12 bits per heavy atom. The number of ether oxygens (including phenoxy) is 1. The van der Waals surface area contributed by atoms with Crippen molar-refractivity contribution in [2.24, 2.45) is 4.99 Å². The summed E-state index contributed by atoms with van der Waals surface area (Å²) in [5, 5.41) is 15.8. The molecule has 12 heteroatoms. The van der Waals surface area contributed by atoms with E-state index in [-0.39, 0.29) is 10.7 Å². The largest absolute Gasteiger partial charge is 0.463 e. The Kier molecular flexibility index (Phi) is 13.2. The molecule has 8 nitrogen and oxygen atoms in total. The van der Waals surface area contributed by atoms with E-state index in [1.807, 2.05) is 13.2 Å². The monoisotopic (exact) mass is 639 g/mol. The third-order valence-electron chi connectivity index (χ3n) is 7.53. The molecule has 41 heavy (non-hydrogen) atoms. The number of nitro groups is 1. The molecule has 1 aromatic carbocycles. The first-order valence-electron chi connectivity index (χ1n) is 14.3. The van der Waals surface area contributed by atoms with Crippen LogP contribution in [0.1, 0.15) is 58.6 Å². The molecule has 2 rings (SSSR count). The van der Waals surface area contributed by atoms with Crippen molar-refractivity contribution < 1.29 is 18.9 Å². The summed E-state index contributed by atoms with van der Waals surface area (Å²) in [5.41, 5.74) is 1.71. The lowest BCUT2D eigenvalue weighted by atomic mass is 9.96. The molecule has 0 saturated heterocycles. The number of amidine groups is 1. The minimum atomic E-state index is -1.74. The molecule has 0 spiro atoms. The van der Waals surface area contributed by atoms with Gasteiger partial charge in [0.05, 0.1) is 17.1 Å². The molecule has 1 unspecified atom stereocenters. The first-order valence-corrected chi connectivity index (χ1v) is 23.1. The molecule has 1 N–H and O–H groups in total. The number of allylic oxidation sites excluding steroid dienone is 1. The molecule has 0 bridgehead atoms. The van der Waals surface area contributed by atoms with E-state index in [2.05, 4.69) is 58.8 Å². The van der Waals surface area contributed by atoms with Gasteiger partial charge in [-0.1, -0.05) is 58.6 Å². The number of hydrogen-bond donors (Lipinski definition) is 1. The van der Waals surface area contributed by atoms with E-state index in [1.165, 1.54) is 17.8 Å². The number of thioether (sulfide) groups is 2. The highest BCUT2D eigenvalue weighted by molar-refractivity contribution is 8.13. The van der Waals surface area contributed by atoms with Crippen molar-refractivity contribution in [2.45, 2.75) is 102 Å². The van der Waals surface area contributed by atoms with Crippen LogP contribution < -0.4 is 5.32 Å². The zero-order valence-corrected chi connectivity index (χ0v) is 30.1. The number of benzene rings is 1. The van der Waals surface area contributed by atoms with E-state index in [0.717, 1.165) is 42.6 Å². The van der Waals surface area contributed by atoms with Crippen LogP contribution in [0.2, 0.25) is 43.8 Å². The number of carbonyl (C=O) groups excluding carboxylic acids is 1. The van der Waals surface area contributed by atoms with E-state index in [1.54, 1.807) is 23.9 Å². The van der Waals surface area contributed by atoms with Gasteiger partial charge in [0.25, 0.3) is 5.69 Å². The summed E-state index contributed by atoms with van der Waals surface area (Å²) in [7, 11) is -3.12. The summed E-state index contributed by atoms with van der Waals surface area (Å²) in [4.78, 5) is 30.4. The Bertz CT molecular complexity index is 1140. The highest BCUT2D eigenvalue weighted by Gasteiger charge is 2.37. The second-order valence-electron chi connectivity index (χ2n) is 13.1. The molecular weight excluding hydrogens is 591 g/mol. The Balaban J connectivity index is 2.21. The molecule has 0 amide bonds.